The molecular weight excluding hydrogens is 285 g/mol. The van der Waals surface area contributed by atoms with Crippen LogP contribution in [-0.2, 0) is 0 Å². The summed E-state index contributed by atoms with van der Waals surface area (Å²) >= 11 is 1.87. The highest BCUT2D eigenvalue weighted by atomic mass is 32.2. The molecule has 0 aromatic heterocycles. The number of amides is 1. The van der Waals surface area contributed by atoms with Gasteiger partial charge in [0.2, 0.25) is 0 Å². The van der Waals surface area contributed by atoms with Crippen LogP contribution < -0.4 is 0 Å². The maximum Gasteiger partial charge on any atom is 0.257 e. The predicted octanol–water partition coefficient (Wildman–Crippen LogP) is 4.35. The van der Waals surface area contributed by atoms with Gasteiger partial charge in [-0.25, -0.2) is 4.39 Å². The Morgan fingerprint density at radius 1 is 1.33 bits per heavy atom. The van der Waals surface area contributed by atoms with Crippen molar-refractivity contribution >= 4 is 17.7 Å². The summed E-state index contributed by atoms with van der Waals surface area (Å²) in [7, 11) is 0. The van der Waals surface area contributed by atoms with Crippen molar-refractivity contribution in [2.45, 2.75) is 50.8 Å². The molecule has 116 valence electrons. The molecule has 2 rings (SSSR count). The minimum atomic E-state index is -0.421. The minimum absolute atomic E-state index is 0.160. The van der Waals surface area contributed by atoms with Gasteiger partial charge in [0, 0.05) is 23.1 Å². The van der Waals surface area contributed by atoms with E-state index in [1.54, 1.807) is 18.2 Å². The molecule has 1 fully saturated rings. The van der Waals surface area contributed by atoms with Gasteiger partial charge in [0.05, 0.1) is 5.56 Å². The SMILES string of the molecule is CC(C)(C)SCC1CCCCN1C(=O)c1ccccc1F. The second-order valence-corrected chi connectivity index (χ2v) is 8.40. The van der Waals surface area contributed by atoms with Gasteiger partial charge in [-0.3, -0.25) is 4.79 Å². The molecule has 1 saturated heterocycles. The van der Waals surface area contributed by atoms with E-state index in [0.717, 1.165) is 31.6 Å². The lowest BCUT2D eigenvalue weighted by Gasteiger charge is -2.37. The van der Waals surface area contributed by atoms with Crippen molar-refractivity contribution < 1.29 is 9.18 Å². The molecule has 21 heavy (non-hydrogen) atoms. The van der Waals surface area contributed by atoms with Crippen LogP contribution in [0.3, 0.4) is 0 Å². The zero-order valence-corrected chi connectivity index (χ0v) is 13.9. The number of likely N-dealkylation sites (tertiary alicyclic amines) is 1. The molecule has 1 aliphatic rings. The van der Waals surface area contributed by atoms with Gasteiger partial charge in [0.15, 0.2) is 0 Å². The fraction of sp³-hybridized carbons (Fsp3) is 0.588. The van der Waals surface area contributed by atoms with E-state index in [-0.39, 0.29) is 22.3 Å². The summed E-state index contributed by atoms with van der Waals surface area (Å²) in [5, 5.41) is 0. The molecule has 1 amide bonds. The third-order valence-electron chi connectivity index (χ3n) is 3.70. The number of hydrogen-bond donors (Lipinski definition) is 0. The summed E-state index contributed by atoms with van der Waals surface area (Å²) in [4.78, 5) is 14.5. The quantitative estimate of drug-likeness (QED) is 0.827. The predicted molar refractivity (Wildman–Crippen MR) is 87.3 cm³/mol. The van der Waals surface area contributed by atoms with Crippen molar-refractivity contribution in [2.75, 3.05) is 12.3 Å². The molecule has 0 radical (unpaired) electrons. The second kappa shape index (κ2) is 6.82. The molecule has 0 aliphatic carbocycles. The van der Waals surface area contributed by atoms with E-state index in [0.29, 0.717) is 0 Å². The molecular formula is C17H24FNOS. The van der Waals surface area contributed by atoms with E-state index < -0.39 is 5.82 Å². The summed E-state index contributed by atoms with van der Waals surface area (Å²) in [5.74, 6) is 0.339. The molecule has 0 saturated carbocycles. The molecule has 1 aromatic carbocycles. The van der Waals surface area contributed by atoms with Gasteiger partial charge in [-0.1, -0.05) is 32.9 Å². The highest BCUT2D eigenvalue weighted by Crippen LogP contribution is 2.29. The molecule has 1 aromatic rings. The highest BCUT2D eigenvalue weighted by Gasteiger charge is 2.29. The van der Waals surface area contributed by atoms with Gasteiger partial charge in [0.1, 0.15) is 5.82 Å². The van der Waals surface area contributed by atoms with Crippen LogP contribution in [-0.4, -0.2) is 33.9 Å². The van der Waals surface area contributed by atoms with E-state index in [1.165, 1.54) is 6.07 Å². The van der Waals surface area contributed by atoms with Crippen molar-refractivity contribution in [1.29, 1.82) is 0 Å². The number of rotatable bonds is 3. The Balaban J connectivity index is 2.11. The summed E-state index contributed by atoms with van der Waals surface area (Å²) in [6.07, 6.45) is 3.18. The van der Waals surface area contributed by atoms with E-state index >= 15 is 0 Å². The Morgan fingerprint density at radius 3 is 2.71 bits per heavy atom. The van der Waals surface area contributed by atoms with Crippen LogP contribution in [0.4, 0.5) is 4.39 Å². The number of piperidine rings is 1. The molecule has 1 unspecified atom stereocenters. The van der Waals surface area contributed by atoms with Crippen LogP contribution >= 0.6 is 11.8 Å². The van der Waals surface area contributed by atoms with Crippen molar-refractivity contribution in [3.05, 3.63) is 35.6 Å². The molecule has 1 heterocycles. The summed E-state index contributed by atoms with van der Waals surface area (Å²) in [6, 6.07) is 6.50. The Morgan fingerprint density at radius 2 is 2.05 bits per heavy atom. The maximum atomic E-state index is 13.8. The topological polar surface area (TPSA) is 20.3 Å². The maximum absolute atomic E-state index is 13.8. The Labute approximate surface area is 131 Å². The lowest BCUT2D eigenvalue weighted by Crippen LogP contribution is -2.45. The number of halogens is 1. The van der Waals surface area contributed by atoms with E-state index in [2.05, 4.69) is 20.8 Å². The van der Waals surface area contributed by atoms with E-state index in [1.807, 2.05) is 16.7 Å². The number of carbonyl (C=O) groups excluding carboxylic acids is 1. The minimum Gasteiger partial charge on any atom is -0.335 e. The molecule has 1 aliphatic heterocycles. The number of carbonyl (C=O) groups is 1. The van der Waals surface area contributed by atoms with Crippen molar-refractivity contribution in [3.63, 3.8) is 0 Å². The first-order valence-electron chi connectivity index (χ1n) is 7.58. The van der Waals surface area contributed by atoms with Crippen LogP contribution in [0.5, 0.6) is 0 Å². The molecule has 1 atom stereocenters. The van der Waals surface area contributed by atoms with Gasteiger partial charge in [-0.05, 0) is 31.4 Å². The number of hydrogen-bond acceptors (Lipinski definition) is 2. The summed E-state index contributed by atoms with van der Waals surface area (Å²) < 4.78 is 14.0. The zero-order valence-electron chi connectivity index (χ0n) is 13.1. The standard InChI is InChI=1S/C17H24FNOS/c1-17(2,3)21-12-13-8-6-7-11-19(13)16(20)14-9-4-5-10-15(14)18/h4-5,9-10,13H,6-8,11-12H2,1-3H3. The lowest BCUT2D eigenvalue weighted by atomic mass is 10.0. The third kappa shape index (κ3) is 4.47. The lowest BCUT2D eigenvalue weighted by molar-refractivity contribution is 0.0635. The highest BCUT2D eigenvalue weighted by molar-refractivity contribution is 8.00. The van der Waals surface area contributed by atoms with E-state index in [9.17, 15) is 9.18 Å². The third-order valence-corrected chi connectivity index (χ3v) is 5.12. The smallest absolute Gasteiger partial charge is 0.257 e. The first-order valence-corrected chi connectivity index (χ1v) is 8.56. The van der Waals surface area contributed by atoms with Gasteiger partial charge in [-0.2, -0.15) is 11.8 Å². The van der Waals surface area contributed by atoms with Crippen LogP contribution in [0.2, 0.25) is 0 Å². The normalized spacial score (nSPS) is 19.6. The van der Waals surface area contributed by atoms with Crippen LogP contribution in [0.1, 0.15) is 50.4 Å². The van der Waals surface area contributed by atoms with Crippen LogP contribution in [0.25, 0.3) is 0 Å². The zero-order chi connectivity index (χ0) is 15.5. The average Bonchev–Trinajstić information content (AvgIpc) is 2.44. The molecule has 0 bridgehead atoms. The van der Waals surface area contributed by atoms with Gasteiger partial charge < -0.3 is 4.90 Å². The number of benzene rings is 1. The van der Waals surface area contributed by atoms with Gasteiger partial charge in [-0.15, -0.1) is 0 Å². The molecule has 2 nitrogen and oxygen atoms in total. The first kappa shape index (κ1) is 16.3. The van der Waals surface area contributed by atoms with Gasteiger partial charge >= 0.3 is 0 Å². The van der Waals surface area contributed by atoms with Gasteiger partial charge in [0.25, 0.3) is 5.91 Å². The second-order valence-electron chi connectivity index (χ2n) is 6.55. The molecule has 0 spiro atoms. The average molecular weight is 309 g/mol. The monoisotopic (exact) mass is 309 g/mol. The molecule has 4 heteroatoms. The summed E-state index contributed by atoms with van der Waals surface area (Å²) in [5.41, 5.74) is 0.199. The fourth-order valence-corrected chi connectivity index (χ4v) is 3.62. The first-order chi connectivity index (χ1) is 9.88. The summed E-state index contributed by atoms with van der Waals surface area (Å²) in [6.45, 7) is 7.29. The van der Waals surface area contributed by atoms with Crippen LogP contribution in [0, 0.1) is 5.82 Å². The largest absolute Gasteiger partial charge is 0.335 e. The fourth-order valence-electron chi connectivity index (χ4n) is 2.58. The van der Waals surface area contributed by atoms with Crippen LogP contribution in [0.15, 0.2) is 24.3 Å². The van der Waals surface area contributed by atoms with Crippen molar-refractivity contribution in [2.24, 2.45) is 0 Å². The Kier molecular flexibility index (Phi) is 5.31. The van der Waals surface area contributed by atoms with Crippen molar-refractivity contribution in [1.82, 2.24) is 4.90 Å². The number of nitrogens with zero attached hydrogens (tertiary/aromatic N) is 1. The number of thioether (sulfide) groups is 1. The van der Waals surface area contributed by atoms with Crippen molar-refractivity contribution in [3.8, 4) is 0 Å². The Bertz CT molecular complexity index is 498. The Hall–Kier alpha value is -1.03. The molecule has 0 N–H and O–H groups in total. The van der Waals surface area contributed by atoms with E-state index in [4.69, 9.17) is 0 Å².